The molecule has 0 aliphatic carbocycles. The molecular weight excluding hydrogens is 330 g/mol. The van der Waals surface area contributed by atoms with Gasteiger partial charge in [-0.05, 0) is 19.3 Å². The van der Waals surface area contributed by atoms with E-state index in [1.54, 1.807) is 0 Å². The smallest absolute Gasteiger partial charge is 0.332 e. The molecule has 1 aliphatic rings. The number of carbonyl (C=O) groups excluding carboxylic acids is 1. The van der Waals surface area contributed by atoms with E-state index < -0.39 is 23.3 Å². The van der Waals surface area contributed by atoms with Crippen molar-refractivity contribution in [2.24, 2.45) is 14.1 Å². The Morgan fingerprint density at radius 3 is 2.64 bits per heavy atom. The topological polar surface area (TPSA) is 119 Å². The minimum Gasteiger partial charge on any atom is -0.480 e. The fourth-order valence-electron chi connectivity index (χ4n) is 3.24. The number of hydrogen-bond donors (Lipinski definition) is 1. The van der Waals surface area contributed by atoms with Gasteiger partial charge in [-0.25, -0.2) is 14.6 Å². The van der Waals surface area contributed by atoms with Crippen LogP contribution in [0.4, 0.5) is 0 Å². The molecule has 0 bridgehead atoms. The highest BCUT2D eigenvalue weighted by molar-refractivity contribution is 5.84. The maximum atomic E-state index is 12.6. The lowest BCUT2D eigenvalue weighted by atomic mass is 10.0. The number of amides is 1. The average molecular weight is 349 g/mol. The highest BCUT2D eigenvalue weighted by Crippen LogP contribution is 2.18. The predicted molar refractivity (Wildman–Crippen MR) is 87.2 cm³/mol. The maximum absolute atomic E-state index is 12.6. The van der Waals surface area contributed by atoms with Gasteiger partial charge < -0.3 is 14.6 Å². The number of fused-ring (bicyclic) bond motifs is 1. The molecule has 134 valence electrons. The Kier molecular flexibility index (Phi) is 4.19. The van der Waals surface area contributed by atoms with Crippen LogP contribution in [0.25, 0.3) is 11.2 Å². The van der Waals surface area contributed by atoms with Crippen molar-refractivity contribution in [1.82, 2.24) is 23.6 Å². The minimum absolute atomic E-state index is 0.141. The van der Waals surface area contributed by atoms with Crippen molar-refractivity contribution >= 4 is 23.0 Å². The standard InChI is InChI=1S/C15H19N5O5/c1-17-12-11(13(22)18(2)15(17)25)19(8-16-12)7-10(21)20-6-4-3-5-9(20)14(23)24/h8-9H,3-7H2,1-2H3,(H,23,24). The first kappa shape index (κ1) is 16.9. The molecule has 1 aliphatic heterocycles. The zero-order valence-electron chi connectivity index (χ0n) is 14.0. The summed E-state index contributed by atoms with van der Waals surface area (Å²) in [5, 5.41) is 9.30. The Morgan fingerprint density at radius 1 is 1.24 bits per heavy atom. The number of aryl methyl sites for hydroxylation is 1. The molecule has 3 rings (SSSR count). The number of aromatic nitrogens is 4. The van der Waals surface area contributed by atoms with Crippen LogP contribution in [0.15, 0.2) is 15.9 Å². The van der Waals surface area contributed by atoms with E-state index in [1.165, 1.54) is 34.5 Å². The second-order valence-corrected chi connectivity index (χ2v) is 6.19. The Balaban J connectivity index is 1.98. The van der Waals surface area contributed by atoms with Crippen molar-refractivity contribution in [3.63, 3.8) is 0 Å². The Labute approximate surface area is 141 Å². The molecule has 1 saturated heterocycles. The second-order valence-electron chi connectivity index (χ2n) is 6.19. The molecule has 10 nitrogen and oxygen atoms in total. The molecule has 0 saturated carbocycles. The number of piperidine rings is 1. The highest BCUT2D eigenvalue weighted by atomic mass is 16.4. The summed E-state index contributed by atoms with van der Waals surface area (Å²) in [6.45, 7) is 0.173. The second kappa shape index (κ2) is 6.19. The van der Waals surface area contributed by atoms with Crippen molar-refractivity contribution in [3.05, 3.63) is 27.2 Å². The molecule has 1 amide bonds. The van der Waals surface area contributed by atoms with Gasteiger partial charge in [0.2, 0.25) is 5.91 Å². The molecule has 1 fully saturated rings. The van der Waals surface area contributed by atoms with E-state index in [0.717, 1.165) is 17.4 Å². The predicted octanol–water partition coefficient (Wildman–Crippen LogP) is -1.10. The summed E-state index contributed by atoms with van der Waals surface area (Å²) in [6, 6.07) is -0.844. The number of likely N-dealkylation sites (tertiary alicyclic amines) is 1. The van der Waals surface area contributed by atoms with Crippen LogP contribution >= 0.6 is 0 Å². The quantitative estimate of drug-likeness (QED) is 0.751. The van der Waals surface area contributed by atoms with Crippen molar-refractivity contribution in [1.29, 1.82) is 0 Å². The third-order valence-electron chi connectivity index (χ3n) is 4.63. The van der Waals surface area contributed by atoms with Gasteiger partial charge in [-0.3, -0.25) is 18.7 Å². The Morgan fingerprint density at radius 2 is 1.96 bits per heavy atom. The van der Waals surface area contributed by atoms with Crippen LogP contribution in [0.5, 0.6) is 0 Å². The number of carboxylic acid groups (broad SMARTS) is 1. The van der Waals surface area contributed by atoms with Gasteiger partial charge in [-0.2, -0.15) is 0 Å². The molecule has 25 heavy (non-hydrogen) atoms. The molecule has 0 aromatic carbocycles. The van der Waals surface area contributed by atoms with Crippen LogP contribution in [0.3, 0.4) is 0 Å². The zero-order chi connectivity index (χ0) is 18.3. The SMILES string of the molecule is Cn1c(=O)c2c(ncn2CC(=O)N2CCCCC2C(=O)O)n(C)c1=O. The third-order valence-corrected chi connectivity index (χ3v) is 4.63. The molecule has 2 aromatic rings. The summed E-state index contributed by atoms with van der Waals surface area (Å²) in [4.78, 5) is 53.7. The summed E-state index contributed by atoms with van der Waals surface area (Å²) < 4.78 is 3.55. The van der Waals surface area contributed by atoms with Crippen molar-refractivity contribution in [3.8, 4) is 0 Å². The molecular formula is C15H19N5O5. The van der Waals surface area contributed by atoms with Crippen LogP contribution < -0.4 is 11.2 Å². The first-order valence-corrected chi connectivity index (χ1v) is 7.96. The van der Waals surface area contributed by atoms with Crippen LogP contribution in [0, 0.1) is 0 Å². The van der Waals surface area contributed by atoms with Crippen LogP contribution in [-0.4, -0.2) is 53.2 Å². The number of carbonyl (C=O) groups is 2. The molecule has 1 N–H and O–H groups in total. The third kappa shape index (κ3) is 2.73. The number of imidazole rings is 1. The monoisotopic (exact) mass is 349 g/mol. The van der Waals surface area contributed by atoms with Crippen molar-refractivity contribution < 1.29 is 14.7 Å². The molecule has 0 spiro atoms. The van der Waals surface area contributed by atoms with E-state index in [9.17, 15) is 24.3 Å². The normalized spacial score (nSPS) is 17.8. The molecule has 1 atom stereocenters. The number of hydrogen-bond acceptors (Lipinski definition) is 5. The lowest BCUT2D eigenvalue weighted by Gasteiger charge is -2.33. The number of rotatable bonds is 3. The summed E-state index contributed by atoms with van der Waals surface area (Å²) in [5.74, 6) is -1.41. The first-order chi connectivity index (χ1) is 11.8. The van der Waals surface area contributed by atoms with Gasteiger partial charge in [-0.1, -0.05) is 0 Å². The van der Waals surface area contributed by atoms with E-state index >= 15 is 0 Å². The fraction of sp³-hybridized carbons (Fsp3) is 0.533. The molecule has 2 aromatic heterocycles. The summed E-state index contributed by atoms with van der Waals surface area (Å²) in [6.07, 6.45) is 3.25. The van der Waals surface area contributed by atoms with Gasteiger partial charge in [0.05, 0.1) is 6.33 Å². The van der Waals surface area contributed by atoms with Gasteiger partial charge in [0, 0.05) is 20.6 Å². The molecule has 1 unspecified atom stereocenters. The van der Waals surface area contributed by atoms with Crippen molar-refractivity contribution in [2.45, 2.75) is 31.8 Å². The van der Waals surface area contributed by atoms with Gasteiger partial charge in [0.25, 0.3) is 5.56 Å². The van der Waals surface area contributed by atoms with E-state index in [4.69, 9.17) is 0 Å². The van der Waals surface area contributed by atoms with Gasteiger partial charge in [-0.15, -0.1) is 0 Å². The van der Waals surface area contributed by atoms with Gasteiger partial charge in [0.1, 0.15) is 12.6 Å². The fourth-order valence-corrected chi connectivity index (χ4v) is 3.24. The Hall–Kier alpha value is -2.91. The van der Waals surface area contributed by atoms with E-state index in [1.807, 2.05) is 0 Å². The van der Waals surface area contributed by atoms with E-state index in [2.05, 4.69) is 4.98 Å². The molecule has 10 heteroatoms. The lowest BCUT2D eigenvalue weighted by Crippen LogP contribution is -2.49. The van der Waals surface area contributed by atoms with Crippen LogP contribution in [0.2, 0.25) is 0 Å². The van der Waals surface area contributed by atoms with Gasteiger partial charge >= 0.3 is 11.7 Å². The summed E-state index contributed by atoms with van der Waals surface area (Å²) in [7, 11) is 2.85. The largest absolute Gasteiger partial charge is 0.480 e. The maximum Gasteiger partial charge on any atom is 0.332 e. The van der Waals surface area contributed by atoms with E-state index in [-0.39, 0.29) is 23.6 Å². The molecule has 0 radical (unpaired) electrons. The highest BCUT2D eigenvalue weighted by Gasteiger charge is 2.32. The zero-order valence-corrected chi connectivity index (χ0v) is 14.0. The summed E-state index contributed by atoms with van der Waals surface area (Å²) in [5.41, 5.74) is -0.718. The Bertz CT molecular complexity index is 969. The number of aliphatic carboxylic acids is 1. The molecule has 3 heterocycles. The summed E-state index contributed by atoms with van der Waals surface area (Å²) >= 11 is 0. The first-order valence-electron chi connectivity index (χ1n) is 7.96. The minimum atomic E-state index is -1.03. The lowest BCUT2D eigenvalue weighted by molar-refractivity contribution is -0.152. The van der Waals surface area contributed by atoms with Gasteiger partial charge in [0.15, 0.2) is 11.2 Å². The van der Waals surface area contributed by atoms with E-state index in [0.29, 0.717) is 13.0 Å². The van der Waals surface area contributed by atoms with Crippen LogP contribution in [0.1, 0.15) is 19.3 Å². The van der Waals surface area contributed by atoms with Crippen LogP contribution in [-0.2, 0) is 30.2 Å². The average Bonchev–Trinajstić information content (AvgIpc) is 3.01. The number of carboxylic acids is 1. The number of nitrogens with zero attached hydrogens (tertiary/aromatic N) is 5. The van der Waals surface area contributed by atoms with Crippen molar-refractivity contribution in [2.75, 3.05) is 6.54 Å².